The first kappa shape index (κ1) is 17.8. The number of nitrogens with zero attached hydrogens (tertiary/aromatic N) is 1. The minimum absolute atomic E-state index is 0. The van der Waals surface area contributed by atoms with Crippen molar-refractivity contribution in [1.29, 1.82) is 0 Å². The number of nitrogens with one attached hydrogen (secondary N) is 1. The fourth-order valence-corrected chi connectivity index (χ4v) is 3.67. The number of esters is 1. The molecule has 1 aliphatic rings. The standard InChI is InChI=1S/C12H15FN2O4S.ClH/c1-19-12(16)11-9(13)3-2-4-10(11)20(17,18)15-7-5-14-6-8-15;/h2-4,14H,5-8H2,1H3;1H. The summed E-state index contributed by atoms with van der Waals surface area (Å²) in [5.41, 5.74) is -0.548. The molecule has 118 valence electrons. The van der Waals surface area contributed by atoms with Gasteiger partial charge in [-0.05, 0) is 12.1 Å². The van der Waals surface area contributed by atoms with E-state index < -0.39 is 27.4 Å². The van der Waals surface area contributed by atoms with E-state index in [2.05, 4.69) is 10.1 Å². The van der Waals surface area contributed by atoms with Crippen LogP contribution in [0.15, 0.2) is 23.1 Å². The van der Waals surface area contributed by atoms with Crippen molar-refractivity contribution in [2.75, 3.05) is 33.3 Å². The van der Waals surface area contributed by atoms with Crippen LogP contribution in [0, 0.1) is 5.82 Å². The monoisotopic (exact) mass is 338 g/mol. The Balaban J connectivity index is 0.00000220. The molecule has 1 aromatic carbocycles. The number of sulfonamides is 1. The molecule has 0 bridgehead atoms. The van der Waals surface area contributed by atoms with Crippen LogP contribution in [0.25, 0.3) is 0 Å². The molecule has 1 N–H and O–H groups in total. The van der Waals surface area contributed by atoms with E-state index >= 15 is 0 Å². The number of hydrogen-bond donors (Lipinski definition) is 1. The summed E-state index contributed by atoms with van der Waals surface area (Å²) in [5, 5.41) is 3.03. The number of piperazine rings is 1. The Morgan fingerprint density at radius 2 is 1.95 bits per heavy atom. The number of hydrogen-bond acceptors (Lipinski definition) is 5. The summed E-state index contributed by atoms with van der Waals surface area (Å²) in [6.07, 6.45) is 0. The van der Waals surface area contributed by atoms with Crippen LogP contribution >= 0.6 is 12.4 Å². The number of carbonyl (C=O) groups excluding carboxylic acids is 1. The summed E-state index contributed by atoms with van der Waals surface area (Å²) < 4.78 is 44.5. The highest BCUT2D eigenvalue weighted by molar-refractivity contribution is 7.89. The molecule has 0 radical (unpaired) electrons. The molecule has 1 aromatic rings. The highest BCUT2D eigenvalue weighted by atomic mass is 35.5. The van der Waals surface area contributed by atoms with Gasteiger partial charge in [-0.2, -0.15) is 4.31 Å². The largest absolute Gasteiger partial charge is 0.465 e. The van der Waals surface area contributed by atoms with Crippen LogP contribution < -0.4 is 5.32 Å². The van der Waals surface area contributed by atoms with Crippen molar-refractivity contribution >= 4 is 28.4 Å². The fraction of sp³-hybridized carbons (Fsp3) is 0.417. The van der Waals surface area contributed by atoms with E-state index in [1.807, 2.05) is 0 Å². The van der Waals surface area contributed by atoms with E-state index in [-0.39, 0.29) is 30.4 Å². The number of methoxy groups -OCH3 is 1. The lowest BCUT2D eigenvalue weighted by molar-refractivity contribution is 0.0590. The smallest absolute Gasteiger partial charge is 0.342 e. The minimum atomic E-state index is -3.92. The molecule has 1 fully saturated rings. The first-order valence-corrected chi connectivity index (χ1v) is 7.50. The zero-order valence-electron chi connectivity index (χ0n) is 11.3. The number of halogens is 2. The molecule has 21 heavy (non-hydrogen) atoms. The molecule has 2 rings (SSSR count). The van der Waals surface area contributed by atoms with Crippen molar-refractivity contribution in [3.8, 4) is 0 Å². The van der Waals surface area contributed by atoms with Crippen LogP contribution in [-0.4, -0.2) is 52.0 Å². The molecule has 0 spiro atoms. The lowest BCUT2D eigenvalue weighted by atomic mass is 10.2. The van der Waals surface area contributed by atoms with E-state index in [0.717, 1.165) is 13.2 Å². The van der Waals surface area contributed by atoms with Crippen molar-refractivity contribution in [2.45, 2.75) is 4.90 Å². The van der Waals surface area contributed by atoms with Gasteiger partial charge in [0.15, 0.2) is 0 Å². The van der Waals surface area contributed by atoms with E-state index in [1.165, 1.54) is 16.4 Å². The van der Waals surface area contributed by atoms with Crippen LogP contribution in [0.3, 0.4) is 0 Å². The number of rotatable bonds is 3. The fourth-order valence-electron chi connectivity index (χ4n) is 2.04. The van der Waals surface area contributed by atoms with Crippen LogP contribution in [0.2, 0.25) is 0 Å². The second-order valence-corrected chi connectivity index (χ2v) is 6.16. The van der Waals surface area contributed by atoms with Gasteiger partial charge in [-0.15, -0.1) is 12.4 Å². The van der Waals surface area contributed by atoms with Gasteiger partial charge in [-0.25, -0.2) is 17.6 Å². The SMILES string of the molecule is COC(=O)c1c(F)cccc1S(=O)(=O)N1CCNCC1.Cl. The van der Waals surface area contributed by atoms with Gasteiger partial charge >= 0.3 is 5.97 Å². The van der Waals surface area contributed by atoms with Crippen molar-refractivity contribution in [3.63, 3.8) is 0 Å². The summed E-state index contributed by atoms with van der Waals surface area (Å²) >= 11 is 0. The maximum Gasteiger partial charge on any atom is 0.342 e. The van der Waals surface area contributed by atoms with Gasteiger partial charge < -0.3 is 10.1 Å². The summed E-state index contributed by atoms with van der Waals surface area (Å²) in [5.74, 6) is -1.91. The van der Waals surface area contributed by atoms with Crippen LogP contribution in [0.4, 0.5) is 4.39 Å². The lowest BCUT2D eigenvalue weighted by Gasteiger charge is -2.27. The number of carbonyl (C=O) groups is 1. The summed E-state index contributed by atoms with van der Waals surface area (Å²) in [7, 11) is -2.84. The van der Waals surface area contributed by atoms with Crippen LogP contribution in [0.1, 0.15) is 10.4 Å². The normalized spacial score (nSPS) is 16.1. The van der Waals surface area contributed by atoms with E-state index in [1.54, 1.807) is 0 Å². The Morgan fingerprint density at radius 1 is 1.33 bits per heavy atom. The molecule has 0 saturated carbocycles. The van der Waals surface area contributed by atoms with Crippen LogP contribution in [0.5, 0.6) is 0 Å². The van der Waals surface area contributed by atoms with Crippen molar-refractivity contribution < 1.29 is 22.3 Å². The first-order valence-electron chi connectivity index (χ1n) is 6.06. The third-order valence-corrected chi connectivity index (χ3v) is 5.00. The summed E-state index contributed by atoms with van der Waals surface area (Å²) in [6, 6.07) is 3.51. The first-order chi connectivity index (χ1) is 9.48. The lowest BCUT2D eigenvalue weighted by Crippen LogP contribution is -2.46. The molecule has 0 unspecified atom stereocenters. The zero-order chi connectivity index (χ0) is 14.8. The third kappa shape index (κ3) is 3.52. The molecular weight excluding hydrogens is 323 g/mol. The Kier molecular flexibility index (Phi) is 6.09. The Labute approximate surface area is 128 Å². The van der Waals surface area contributed by atoms with Gasteiger partial charge in [-0.3, -0.25) is 0 Å². The summed E-state index contributed by atoms with van der Waals surface area (Å²) in [4.78, 5) is 11.3. The predicted octanol–water partition coefficient (Wildman–Crippen LogP) is 0.628. The second-order valence-electron chi connectivity index (χ2n) is 4.26. The number of benzene rings is 1. The van der Waals surface area contributed by atoms with Gasteiger partial charge in [0.25, 0.3) is 0 Å². The van der Waals surface area contributed by atoms with E-state index in [9.17, 15) is 17.6 Å². The van der Waals surface area contributed by atoms with E-state index in [0.29, 0.717) is 13.1 Å². The molecule has 1 saturated heterocycles. The van der Waals surface area contributed by atoms with Gasteiger partial charge in [-0.1, -0.05) is 6.07 Å². The quantitative estimate of drug-likeness (QED) is 0.818. The zero-order valence-corrected chi connectivity index (χ0v) is 13.0. The number of ether oxygens (including phenoxy) is 1. The Hall–Kier alpha value is -1.22. The molecule has 0 amide bonds. The Bertz CT molecular complexity index is 618. The molecule has 1 aliphatic heterocycles. The van der Waals surface area contributed by atoms with Crippen molar-refractivity contribution in [2.24, 2.45) is 0 Å². The topological polar surface area (TPSA) is 75.7 Å². The molecule has 0 atom stereocenters. The average molecular weight is 339 g/mol. The van der Waals surface area contributed by atoms with Gasteiger partial charge in [0.05, 0.1) is 12.0 Å². The molecule has 6 nitrogen and oxygen atoms in total. The van der Waals surface area contributed by atoms with Gasteiger partial charge in [0.2, 0.25) is 10.0 Å². The molecule has 9 heteroatoms. The molecule has 1 heterocycles. The average Bonchev–Trinajstić information content (AvgIpc) is 2.47. The van der Waals surface area contributed by atoms with Gasteiger partial charge in [0, 0.05) is 26.2 Å². The maximum absolute atomic E-state index is 13.8. The van der Waals surface area contributed by atoms with Crippen molar-refractivity contribution in [1.82, 2.24) is 9.62 Å². The predicted molar refractivity (Wildman–Crippen MR) is 76.6 cm³/mol. The highest BCUT2D eigenvalue weighted by Gasteiger charge is 2.32. The van der Waals surface area contributed by atoms with E-state index in [4.69, 9.17) is 0 Å². The molecule has 0 aromatic heterocycles. The highest BCUT2D eigenvalue weighted by Crippen LogP contribution is 2.23. The van der Waals surface area contributed by atoms with Crippen LogP contribution in [-0.2, 0) is 14.8 Å². The molecule has 0 aliphatic carbocycles. The van der Waals surface area contributed by atoms with Crippen molar-refractivity contribution in [3.05, 3.63) is 29.6 Å². The molecular formula is C12H16ClFN2O4S. The Morgan fingerprint density at radius 3 is 2.52 bits per heavy atom. The van der Waals surface area contributed by atoms with Gasteiger partial charge in [0.1, 0.15) is 11.4 Å². The third-order valence-electron chi connectivity index (χ3n) is 3.06. The minimum Gasteiger partial charge on any atom is -0.465 e. The maximum atomic E-state index is 13.8. The second kappa shape index (κ2) is 7.17. The summed E-state index contributed by atoms with van der Waals surface area (Å²) in [6.45, 7) is 1.59.